The van der Waals surface area contributed by atoms with Crippen LogP contribution in [0.2, 0.25) is 0 Å². The first-order valence-electron chi connectivity index (χ1n) is 7.88. The van der Waals surface area contributed by atoms with Gasteiger partial charge >= 0.3 is 13.6 Å². The first-order chi connectivity index (χ1) is 11.4. The lowest BCUT2D eigenvalue weighted by Crippen LogP contribution is -2.18. The van der Waals surface area contributed by atoms with E-state index in [1.807, 2.05) is 0 Å². The van der Waals surface area contributed by atoms with Crippen molar-refractivity contribution in [3.05, 3.63) is 30.1 Å². The highest BCUT2D eigenvalue weighted by atomic mass is 31.2. The lowest BCUT2D eigenvalue weighted by molar-refractivity contribution is -0.146. The van der Waals surface area contributed by atoms with E-state index in [-0.39, 0.29) is 32.1 Å². The van der Waals surface area contributed by atoms with Crippen molar-refractivity contribution in [1.82, 2.24) is 0 Å². The molecule has 1 rings (SSSR count). The van der Waals surface area contributed by atoms with E-state index < -0.39 is 19.4 Å². The van der Waals surface area contributed by atoms with Gasteiger partial charge in [-0.25, -0.2) is 4.39 Å². The molecule has 0 heterocycles. The number of halogens is 1. The highest BCUT2D eigenvalue weighted by Gasteiger charge is 2.34. The monoisotopic (exact) mass is 362 g/mol. The largest absolute Gasteiger partial charge is 0.494 e. The van der Waals surface area contributed by atoms with Crippen LogP contribution in [0.15, 0.2) is 24.3 Å². The Morgan fingerprint density at radius 1 is 1.17 bits per heavy atom. The van der Waals surface area contributed by atoms with Crippen molar-refractivity contribution in [1.29, 1.82) is 0 Å². The van der Waals surface area contributed by atoms with Gasteiger partial charge in [-0.1, -0.05) is 0 Å². The quantitative estimate of drug-likeness (QED) is 0.335. The fraction of sp³-hybridized carbons (Fsp3) is 0.562. The number of carbonyl (C=O) groups is 1. The Morgan fingerprint density at radius 3 is 2.29 bits per heavy atom. The Morgan fingerprint density at radius 2 is 1.75 bits per heavy atom. The van der Waals surface area contributed by atoms with Crippen LogP contribution in [0.1, 0.15) is 33.6 Å². The third-order valence-electron chi connectivity index (χ3n) is 2.97. The summed E-state index contributed by atoms with van der Waals surface area (Å²) < 4.78 is 45.9. The normalized spacial score (nSPS) is 12.7. The molecule has 0 aliphatic heterocycles. The molecule has 1 aromatic carbocycles. The van der Waals surface area contributed by atoms with Crippen molar-refractivity contribution in [2.24, 2.45) is 0 Å². The second-order valence-electron chi connectivity index (χ2n) is 4.87. The zero-order valence-electron chi connectivity index (χ0n) is 14.2. The summed E-state index contributed by atoms with van der Waals surface area (Å²) in [6, 6.07) is 5.61. The van der Waals surface area contributed by atoms with E-state index in [1.54, 1.807) is 13.8 Å². The molecule has 0 aromatic heterocycles. The van der Waals surface area contributed by atoms with Crippen LogP contribution in [-0.2, 0) is 23.1 Å². The topological polar surface area (TPSA) is 71.1 Å². The number of esters is 1. The van der Waals surface area contributed by atoms with Crippen molar-refractivity contribution in [3.8, 4) is 5.75 Å². The van der Waals surface area contributed by atoms with E-state index in [2.05, 4.69) is 0 Å². The standard InChI is InChI=1S/C16H24FO6P/c1-4-21-24(19,22-5-2)13(3)23-16(18)7-6-12-20-15-10-8-14(17)9-11-15/h8-11,13H,4-7,12H2,1-3H3. The minimum atomic E-state index is -3.47. The summed E-state index contributed by atoms with van der Waals surface area (Å²) in [6.07, 6.45) is 0.514. The van der Waals surface area contributed by atoms with Gasteiger partial charge in [-0.3, -0.25) is 9.36 Å². The molecule has 0 spiro atoms. The minimum Gasteiger partial charge on any atom is -0.494 e. The van der Waals surface area contributed by atoms with Gasteiger partial charge in [-0.05, 0) is 51.5 Å². The average Bonchev–Trinajstić information content (AvgIpc) is 2.53. The molecule has 0 amide bonds. The predicted octanol–water partition coefficient (Wildman–Crippen LogP) is 4.14. The van der Waals surface area contributed by atoms with Gasteiger partial charge in [0, 0.05) is 6.42 Å². The predicted molar refractivity (Wildman–Crippen MR) is 87.5 cm³/mol. The number of rotatable bonds is 11. The van der Waals surface area contributed by atoms with Crippen LogP contribution in [0.4, 0.5) is 4.39 Å². The Kier molecular flexibility index (Phi) is 8.97. The van der Waals surface area contributed by atoms with Crippen molar-refractivity contribution >= 4 is 13.6 Å². The van der Waals surface area contributed by atoms with E-state index in [1.165, 1.54) is 31.2 Å². The summed E-state index contributed by atoms with van der Waals surface area (Å²) in [6.45, 7) is 5.54. The third kappa shape index (κ3) is 6.99. The second kappa shape index (κ2) is 10.4. The molecule has 24 heavy (non-hydrogen) atoms. The van der Waals surface area contributed by atoms with E-state index >= 15 is 0 Å². The average molecular weight is 362 g/mol. The molecule has 0 radical (unpaired) electrons. The van der Waals surface area contributed by atoms with Crippen molar-refractivity contribution in [2.75, 3.05) is 19.8 Å². The van der Waals surface area contributed by atoms with E-state index in [0.29, 0.717) is 12.2 Å². The van der Waals surface area contributed by atoms with Crippen LogP contribution in [-0.4, -0.2) is 31.6 Å². The van der Waals surface area contributed by atoms with Gasteiger partial charge < -0.3 is 18.5 Å². The van der Waals surface area contributed by atoms with Gasteiger partial charge in [0.05, 0.1) is 19.8 Å². The van der Waals surface area contributed by atoms with Crippen LogP contribution in [0.5, 0.6) is 5.75 Å². The number of hydrogen-bond acceptors (Lipinski definition) is 6. The Balaban J connectivity index is 2.34. The van der Waals surface area contributed by atoms with Gasteiger partial charge in [0.2, 0.25) is 0 Å². The Hall–Kier alpha value is -1.43. The molecule has 0 aliphatic carbocycles. The van der Waals surface area contributed by atoms with Crippen LogP contribution in [0, 0.1) is 5.82 Å². The Bertz CT molecular complexity index is 538. The molecule has 1 unspecified atom stereocenters. The third-order valence-corrected chi connectivity index (χ3v) is 5.21. The van der Waals surface area contributed by atoms with Gasteiger partial charge in [0.1, 0.15) is 11.6 Å². The number of benzene rings is 1. The maximum absolute atomic E-state index is 12.7. The van der Waals surface area contributed by atoms with Crippen LogP contribution in [0.25, 0.3) is 0 Å². The zero-order valence-corrected chi connectivity index (χ0v) is 15.1. The van der Waals surface area contributed by atoms with E-state index in [4.69, 9.17) is 18.5 Å². The SMILES string of the molecule is CCOP(=O)(OCC)C(C)OC(=O)CCCOc1ccc(F)cc1. The summed E-state index contributed by atoms with van der Waals surface area (Å²) in [4.78, 5) is 11.8. The maximum atomic E-state index is 12.7. The molecule has 1 atom stereocenters. The first-order valence-corrected chi connectivity index (χ1v) is 9.49. The molecule has 0 fully saturated rings. The van der Waals surface area contributed by atoms with Gasteiger partial charge in [0.25, 0.3) is 0 Å². The van der Waals surface area contributed by atoms with Crippen molar-refractivity contribution in [2.45, 2.75) is 39.5 Å². The van der Waals surface area contributed by atoms with Crippen LogP contribution < -0.4 is 4.74 Å². The highest BCUT2D eigenvalue weighted by molar-refractivity contribution is 7.54. The molecule has 136 valence electrons. The molecule has 0 saturated carbocycles. The van der Waals surface area contributed by atoms with Crippen LogP contribution in [0.3, 0.4) is 0 Å². The van der Waals surface area contributed by atoms with Crippen LogP contribution >= 0.6 is 7.60 Å². The van der Waals surface area contributed by atoms with Gasteiger partial charge in [-0.15, -0.1) is 0 Å². The summed E-state index contributed by atoms with van der Waals surface area (Å²) in [5.74, 6) is -1.30. The molecule has 6 nitrogen and oxygen atoms in total. The molecule has 0 saturated heterocycles. The molecular weight excluding hydrogens is 338 g/mol. The molecular formula is C16H24FO6P. The zero-order chi connectivity index (χ0) is 18.0. The molecule has 0 aliphatic rings. The number of ether oxygens (including phenoxy) is 2. The highest BCUT2D eigenvalue weighted by Crippen LogP contribution is 2.53. The van der Waals surface area contributed by atoms with E-state index in [0.717, 1.165) is 0 Å². The smallest absolute Gasteiger partial charge is 0.370 e. The number of carbonyl (C=O) groups excluding carboxylic acids is 1. The number of hydrogen-bond donors (Lipinski definition) is 0. The summed E-state index contributed by atoms with van der Waals surface area (Å²) in [5.41, 5.74) is 0. The molecule has 1 aromatic rings. The minimum absolute atomic E-state index is 0.101. The maximum Gasteiger partial charge on any atom is 0.370 e. The van der Waals surface area contributed by atoms with Crippen molar-refractivity contribution < 1.29 is 32.3 Å². The summed E-state index contributed by atoms with van der Waals surface area (Å²) in [5, 5.41) is 0. The molecule has 0 bridgehead atoms. The van der Waals surface area contributed by atoms with Gasteiger partial charge in [0.15, 0.2) is 5.85 Å². The first kappa shape index (κ1) is 20.6. The Labute approximate surface area is 141 Å². The van der Waals surface area contributed by atoms with Crippen molar-refractivity contribution in [3.63, 3.8) is 0 Å². The fourth-order valence-electron chi connectivity index (χ4n) is 1.86. The summed E-state index contributed by atoms with van der Waals surface area (Å²) in [7, 11) is -3.47. The summed E-state index contributed by atoms with van der Waals surface area (Å²) >= 11 is 0. The second-order valence-corrected chi connectivity index (χ2v) is 7.19. The lowest BCUT2D eigenvalue weighted by atomic mass is 10.3. The fourth-order valence-corrected chi connectivity index (χ4v) is 3.32. The molecule has 8 heteroatoms. The van der Waals surface area contributed by atoms with E-state index in [9.17, 15) is 13.8 Å². The lowest BCUT2D eigenvalue weighted by Gasteiger charge is -2.23. The van der Waals surface area contributed by atoms with Gasteiger partial charge in [-0.2, -0.15) is 0 Å². The molecule has 0 N–H and O–H groups in total.